The van der Waals surface area contributed by atoms with Gasteiger partial charge in [-0.05, 0) is 18.6 Å². The summed E-state index contributed by atoms with van der Waals surface area (Å²) < 4.78 is 2.90. The summed E-state index contributed by atoms with van der Waals surface area (Å²) in [6, 6.07) is 7.24. The molecule has 1 heterocycles. The first-order chi connectivity index (χ1) is 10.0. The Hall–Kier alpha value is -2.57. The first kappa shape index (κ1) is 14.8. The minimum atomic E-state index is -0.894. The monoisotopic (exact) mass is 291 g/mol. The number of rotatable bonds is 6. The van der Waals surface area contributed by atoms with E-state index in [0.29, 0.717) is 11.9 Å². The molecule has 0 bridgehead atoms. The van der Waals surface area contributed by atoms with E-state index in [9.17, 15) is 14.4 Å². The SMILES string of the molecule is Cn1c(=O)n(CC(=O)NCCCC(=O)O)c2ccccc21. The van der Waals surface area contributed by atoms with Gasteiger partial charge in [0.25, 0.3) is 0 Å². The maximum Gasteiger partial charge on any atom is 0.329 e. The van der Waals surface area contributed by atoms with Gasteiger partial charge in [0, 0.05) is 20.0 Å². The third-order valence-electron chi connectivity index (χ3n) is 3.24. The van der Waals surface area contributed by atoms with Crippen LogP contribution < -0.4 is 11.0 Å². The lowest BCUT2D eigenvalue weighted by atomic mass is 10.3. The third kappa shape index (κ3) is 3.31. The van der Waals surface area contributed by atoms with Gasteiger partial charge >= 0.3 is 11.7 Å². The van der Waals surface area contributed by atoms with E-state index >= 15 is 0 Å². The Morgan fingerprint density at radius 1 is 1.24 bits per heavy atom. The number of aromatic nitrogens is 2. The van der Waals surface area contributed by atoms with Crippen LogP contribution in [0.1, 0.15) is 12.8 Å². The molecule has 1 aromatic carbocycles. The molecule has 21 heavy (non-hydrogen) atoms. The van der Waals surface area contributed by atoms with Crippen LogP contribution in [0, 0.1) is 0 Å². The quantitative estimate of drug-likeness (QED) is 0.750. The molecule has 0 aliphatic carbocycles. The van der Waals surface area contributed by atoms with Crippen molar-refractivity contribution in [2.24, 2.45) is 7.05 Å². The van der Waals surface area contributed by atoms with E-state index in [1.165, 1.54) is 9.13 Å². The number of carboxylic acid groups (broad SMARTS) is 1. The van der Waals surface area contributed by atoms with Gasteiger partial charge in [0.2, 0.25) is 5.91 Å². The van der Waals surface area contributed by atoms with Crippen molar-refractivity contribution >= 4 is 22.9 Å². The van der Waals surface area contributed by atoms with Crippen LogP contribution in [-0.4, -0.2) is 32.7 Å². The topological polar surface area (TPSA) is 93.3 Å². The molecular weight excluding hydrogens is 274 g/mol. The number of benzene rings is 1. The lowest BCUT2D eigenvalue weighted by Gasteiger charge is -2.05. The van der Waals surface area contributed by atoms with Gasteiger partial charge in [0.05, 0.1) is 11.0 Å². The lowest BCUT2D eigenvalue weighted by molar-refractivity contribution is -0.137. The molecule has 0 saturated heterocycles. The van der Waals surface area contributed by atoms with E-state index in [4.69, 9.17) is 5.11 Å². The Kier molecular flexibility index (Phi) is 4.42. The highest BCUT2D eigenvalue weighted by Crippen LogP contribution is 2.10. The summed E-state index contributed by atoms with van der Waals surface area (Å²) >= 11 is 0. The van der Waals surface area contributed by atoms with E-state index < -0.39 is 5.97 Å². The van der Waals surface area contributed by atoms with Crippen LogP contribution in [0.3, 0.4) is 0 Å². The molecule has 1 amide bonds. The van der Waals surface area contributed by atoms with Crippen molar-refractivity contribution in [3.05, 3.63) is 34.7 Å². The van der Waals surface area contributed by atoms with Crippen molar-refractivity contribution in [2.45, 2.75) is 19.4 Å². The molecule has 7 heteroatoms. The fourth-order valence-corrected chi connectivity index (χ4v) is 2.18. The third-order valence-corrected chi connectivity index (χ3v) is 3.24. The minimum Gasteiger partial charge on any atom is -0.481 e. The van der Waals surface area contributed by atoms with Crippen LogP contribution in [0.5, 0.6) is 0 Å². The summed E-state index contributed by atoms with van der Waals surface area (Å²) in [5, 5.41) is 11.1. The number of amides is 1. The van der Waals surface area contributed by atoms with Crippen LogP contribution in [0.4, 0.5) is 0 Å². The molecule has 0 atom stereocenters. The number of hydrogen-bond donors (Lipinski definition) is 2. The number of imidazole rings is 1. The maximum absolute atomic E-state index is 12.1. The average Bonchev–Trinajstić information content (AvgIpc) is 2.69. The maximum atomic E-state index is 12.1. The summed E-state index contributed by atoms with van der Waals surface area (Å²) in [6.07, 6.45) is 0.375. The fraction of sp³-hybridized carbons (Fsp3) is 0.357. The molecule has 2 aromatic rings. The second-order valence-corrected chi connectivity index (χ2v) is 4.76. The number of fused-ring (bicyclic) bond motifs is 1. The van der Waals surface area contributed by atoms with Gasteiger partial charge in [-0.1, -0.05) is 12.1 Å². The summed E-state index contributed by atoms with van der Waals surface area (Å²) in [5.74, 6) is -1.20. The number of para-hydroxylation sites is 2. The summed E-state index contributed by atoms with van der Waals surface area (Å²) in [7, 11) is 1.66. The predicted octanol–water partition coefficient (Wildman–Crippen LogP) is 0.321. The van der Waals surface area contributed by atoms with Gasteiger partial charge in [0.15, 0.2) is 0 Å². The zero-order chi connectivity index (χ0) is 15.4. The van der Waals surface area contributed by atoms with Crippen molar-refractivity contribution in [2.75, 3.05) is 6.54 Å². The van der Waals surface area contributed by atoms with Crippen molar-refractivity contribution in [1.82, 2.24) is 14.5 Å². The number of aliphatic carboxylic acids is 1. The number of carboxylic acids is 1. The van der Waals surface area contributed by atoms with Crippen molar-refractivity contribution in [1.29, 1.82) is 0 Å². The first-order valence-corrected chi connectivity index (χ1v) is 6.63. The molecular formula is C14H17N3O4. The predicted molar refractivity (Wildman–Crippen MR) is 77.1 cm³/mol. The van der Waals surface area contributed by atoms with Crippen molar-refractivity contribution < 1.29 is 14.7 Å². The Bertz CT molecular complexity index is 729. The second-order valence-electron chi connectivity index (χ2n) is 4.76. The van der Waals surface area contributed by atoms with Crippen LogP contribution in [0.2, 0.25) is 0 Å². The van der Waals surface area contributed by atoms with Gasteiger partial charge in [-0.2, -0.15) is 0 Å². The summed E-state index contributed by atoms with van der Waals surface area (Å²) in [5.41, 5.74) is 1.21. The molecule has 2 rings (SSSR count). The Morgan fingerprint density at radius 2 is 1.90 bits per heavy atom. The molecule has 1 aromatic heterocycles. The van der Waals surface area contributed by atoms with Crippen molar-refractivity contribution in [3.8, 4) is 0 Å². The molecule has 0 radical (unpaired) electrons. The van der Waals surface area contributed by atoms with Gasteiger partial charge in [-0.15, -0.1) is 0 Å². The van der Waals surface area contributed by atoms with E-state index in [0.717, 1.165) is 5.52 Å². The number of aryl methyl sites for hydroxylation is 1. The Labute approximate surface area is 120 Å². The number of nitrogens with zero attached hydrogens (tertiary/aromatic N) is 2. The van der Waals surface area contributed by atoms with Crippen molar-refractivity contribution in [3.63, 3.8) is 0 Å². The smallest absolute Gasteiger partial charge is 0.329 e. The van der Waals surface area contributed by atoms with E-state index in [1.54, 1.807) is 13.1 Å². The highest BCUT2D eigenvalue weighted by molar-refractivity contribution is 5.80. The molecule has 0 saturated carbocycles. The Morgan fingerprint density at radius 3 is 2.57 bits per heavy atom. The number of hydrogen-bond acceptors (Lipinski definition) is 3. The molecule has 0 unspecified atom stereocenters. The zero-order valence-corrected chi connectivity index (χ0v) is 11.7. The van der Waals surface area contributed by atoms with Gasteiger partial charge in [-0.25, -0.2) is 4.79 Å². The molecule has 112 valence electrons. The summed E-state index contributed by atoms with van der Waals surface area (Å²) in [6.45, 7) is 0.206. The van der Waals surface area contributed by atoms with Crippen LogP contribution >= 0.6 is 0 Å². The Balaban J connectivity index is 2.06. The van der Waals surface area contributed by atoms with E-state index in [1.807, 2.05) is 18.2 Å². The molecule has 7 nitrogen and oxygen atoms in total. The highest BCUT2D eigenvalue weighted by atomic mass is 16.4. The number of carbonyl (C=O) groups excluding carboxylic acids is 1. The first-order valence-electron chi connectivity index (χ1n) is 6.63. The fourth-order valence-electron chi connectivity index (χ4n) is 2.18. The second kappa shape index (κ2) is 6.25. The van der Waals surface area contributed by atoms with E-state index in [2.05, 4.69) is 5.32 Å². The average molecular weight is 291 g/mol. The zero-order valence-electron chi connectivity index (χ0n) is 11.7. The van der Waals surface area contributed by atoms with Crippen LogP contribution in [-0.2, 0) is 23.2 Å². The lowest BCUT2D eigenvalue weighted by Crippen LogP contribution is -2.33. The number of carbonyl (C=O) groups is 2. The van der Waals surface area contributed by atoms with Gasteiger partial charge in [-0.3, -0.25) is 18.7 Å². The molecule has 0 spiro atoms. The minimum absolute atomic E-state index is 0.00843. The van der Waals surface area contributed by atoms with E-state index in [-0.39, 0.29) is 31.1 Å². The summed E-state index contributed by atoms with van der Waals surface area (Å²) in [4.78, 5) is 34.3. The largest absolute Gasteiger partial charge is 0.481 e. The van der Waals surface area contributed by atoms with Crippen LogP contribution in [0.25, 0.3) is 11.0 Å². The standard InChI is InChI=1S/C14H17N3O4/c1-16-10-5-2-3-6-11(10)17(14(16)21)9-12(18)15-8-4-7-13(19)20/h2-3,5-6H,4,7-9H2,1H3,(H,15,18)(H,19,20). The number of nitrogens with one attached hydrogen (secondary N) is 1. The molecule has 0 aliphatic rings. The van der Waals surface area contributed by atoms with Gasteiger partial charge in [0.1, 0.15) is 6.54 Å². The van der Waals surface area contributed by atoms with Crippen LogP contribution in [0.15, 0.2) is 29.1 Å². The molecule has 0 fully saturated rings. The highest BCUT2D eigenvalue weighted by Gasteiger charge is 2.12. The normalized spacial score (nSPS) is 10.7. The molecule has 2 N–H and O–H groups in total. The van der Waals surface area contributed by atoms with Gasteiger partial charge < -0.3 is 10.4 Å². The molecule has 0 aliphatic heterocycles.